The number of ether oxygens (including phenoxy) is 1. The lowest BCUT2D eigenvalue weighted by atomic mass is 10.1. The third-order valence-corrected chi connectivity index (χ3v) is 5.34. The third kappa shape index (κ3) is 4.32. The van der Waals surface area contributed by atoms with E-state index in [1.165, 1.54) is 12.1 Å². The van der Waals surface area contributed by atoms with E-state index in [4.69, 9.17) is 16.3 Å². The van der Waals surface area contributed by atoms with Gasteiger partial charge in [0.05, 0.1) is 16.3 Å². The Hall–Kier alpha value is -3.57. The van der Waals surface area contributed by atoms with Crippen LogP contribution in [0.2, 0.25) is 5.02 Å². The van der Waals surface area contributed by atoms with Crippen molar-refractivity contribution in [1.29, 1.82) is 0 Å². The van der Waals surface area contributed by atoms with Crippen LogP contribution in [0.25, 0.3) is 16.9 Å². The number of aromatic nitrogens is 1. The maximum atomic E-state index is 13.3. The minimum Gasteiger partial charge on any atom is -0.488 e. The van der Waals surface area contributed by atoms with E-state index in [1.807, 2.05) is 54.0 Å². The monoisotopic (exact) mass is 435 g/mol. The summed E-state index contributed by atoms with van der Waals surface area (Å²) in [4.78, 5) is 11.4. The van der Waals surface area contributed by atoms with Crippen LogP contribution < -0.4 is 4.74 Å². The molecule has 0 aliphatic heterocycles. The molecule has 31 heavy (non-hydrogen) atoms. The van der Waals surface area contributed by atoms with Gasteiger partial charge in [0.1, 0.15) is 18.2 Å². The first kappa shape index (κ1) is 20.7. The average molecular weight is 436 g/mol. The number of hydrogen-bond donors (Lipinski definition) is 1. The SMILES string of the molecule is Cc1ccc(-c2ccccc2OCc2ccc(F)cc2Cl)n1-c1cccc(C(=O)O)c1. The smallest absolute Gasteiger partial charge is 0.335 e. The summed E-state index contributed by atoms with van der Waals surface area (Å²) in [7, 11) is 0. The van der Waals surface area contributed by atoms with Gasteiger partial charge in [-0.15, -0.1) is 0 Å². The summed E-state index contributed by atoms with van der Waals surface area (Å²) in [5, 5.41) is 9.67. The summed E-state index contributed by atoms with van der Waals surface area (Å²) in [6, 6.07) is 22.5. The van der Waals surface area contributed by atoms with E-state index in [9.17, 15) is 14.3 Å². The molecule has 0 radical (unpaired) electrons. The van der Waals surface area contributed by atoms with Crippen molar-refractivity contribution in [3.8, 4) is 22.7 Å². The molecule has 0 fully saturated rings. The van der Waals surface area contributed by atoms with E-state index in [2.05, 4.69) is 0 Å². The van der Waals surface area contributed by atoms with Gasteiger partial charge in [-0.05, 0) is 61.5 Å². The van der Waals surface area contributed by atoms with Crippen LogP contribution in [0.15, 0.2) is 78.9 Å². The molecular formula is C25H19ClFNO3. The van der Waals surface area contributed by atoms with Crippen molar-refractivity contribution in [1.82, 2.24) is 4.57 Å². The maximum absolute atomic E-state index is 13.3. The molecule has 0 saturated heterocycles. The Morgan fingerprint density at radius 3 is 2.61 bits per heavy atom. The second-order valence-electron chi connectivity index (χ2n) is 7.07. The number of para-hydroxylation sites is 1. The molecule has 0 amide bonds. The van der Waals surface area contributed by atoms with Crippen LogP contribution in [-0.4, -0.2) is 15.6 Å². The maximum Gasteiger partial charge on any atom is 0.335 e. The highest BCUT2D eigenvalue weighted by Crippen LogP contribution is 2.34. The molecule has 1 heterocycles. The minimum absolute atomic E-state index is 0.185. The fourth-order valence-electron chi connectivity index (χ4n) is 3.47. The van der Waals surface area contributed by atoms with Gasteiger partial charge in [0, 0.05) is 22.5 Å². The Balaban J connectivity index is 1.72. The van der Waals surface area contributed by atoms with Gasteiger partial charge in [-0.25, -0.2) is 9.18 Å². The lowest BCUT2D eigenvalue weighted by Crippen LogP contribution is -2.04. The van der Waals surface area contributed by atoms with E-state index < -0.39 is 11.8 Å². The van der Waals surface area contributed by atoms with E-state index in [-0.39, 0.29) is 12.2 Å². The molecule has 1 aromatic heterocycles. The zero-order chi connectivity index (χ0) is 22.0. The largest absolute Gasteiger partial charge is 0.488 e. The number of carbonyl (C=O) groups is 1. The van der Waals surface area contributed by atoms with Crippen molar-refractivity contribution >= 4 is 17.6 Å². The predicted octanol–water partition coefficient (Wildman–Crippen LogP) is 6.52. The van der Waals surface area contributed by atoms with Crippen LogP contribution in [0.5, 0.6) is 5.75 Å². The Morgan fingerprint density at radius 1 is 1.03 bits per heavy atom. The van der Waals surface area contributed by atoms with Gasteiger partial charge in [-0.3, -0.25) is 0 Å². The van der Waals surface area contributed by atoms with Crippen molar-refractivity contribution in [2.24, 2.45) is 0 Å². The minimum atomic E-state index is -0.979. The number of hydrogen-bond acceptors (Lipinski definition) is 2. The van der Waals surface area contributed by atoms with Crippen LogP contribution in [0.1, 0.15) is 21.6 Å². The second-order valence-corrected chi connectivity index (χ2v) is 7.48. The number of aromatic carboxylic acids is 1. The molecule has 156 valence electrons. The zero-order valence-electron chi connectivity index (χ0n) is 16.7. The van der Waals surface area contributed by atoms with Crippen molar-refractivity contribution in [2.45, 2.75) is 13.5 Å². The molecule has 0 bridgehead atoms. The molecule has 4 nitrogen and oxygen atoms in total. The first-order valence-electron chi connectivity index (χ1n) is 9.62. The average Bonchev–Trinajstić information content (AvgIpc) is 3.14. The summed E-state index contributed by atoms with van der Waals surface area (Å²) in [6.45, 7) is 2.14. The van der Waals surface area contributed by atoms with E-state index in [0.29, 0.717) is 16.3 Å². The standard InChI is InChI=1S/C25H19ClFNO3/c1-16-9-12-23(28(16)20-6-4-5-17(13-20)25(29)30)21-7-2-3-8-24(21)31-15-18-10-11-19(27)14-22(18)26/h2-14H,15H2,1H3,(H,29,30). The number of carboxylic acids is 1. The lowest BCUT2D eigenvalue weighted by molar-refractivity contribution is 0.0697. The Labute approximate surface area is 184 Å². The van der Waals surface area contributed by atoms with Crippen LogP contribution in [0, 0.1) is 12.7 Å². The molecule has 0 aliphatic rings. The van der Waals surface area contributed by atoms with Crippen molar-refractivity contribution in [2.75, 3.05) is 0 Å². The topological polar surface area (TPSA) is 51.5 Å². The van der Waals surface area contributed by atoms with Gasteiger partial charge < -0.3 is 14.4 Å². The highest BCUT2D eigenvalue weighted by atomic mass is 35.5. The van der Waals surface area contributed by atoms with Crippen LogP contribution in [-0.2, 0) is 6.61 Å². The number of aryl methyl sites for hydroxylation is 1. The van der Waals surface area contributed by atoms with Gasteiger partial charge in [-0.2, -0.15) is 0 Å². The number of rotatable bonds is 6. The predicted molar refractivity (Wildman–Crippen MR) is 119 cm³/mol. The summed E-state index contributed by atoms with van der Waals surface area (Å²) in [5.41, 5.74) is 4.30. The van der Waals surface area contributed by atoms with E-state index in [1.54, 1.807) is 24.3 Å². The number of halogens is 2. The van der Waals surface area contributed by atoms with Gasteiger partial charge in [0.15, 0.2) is 0 Å². The molecule has 0 atom stereocenters. The summed E-state index contributed by atoms with van der Waals surface area (Å²) < 4.78 is 21.3. The number of nitrogens with zero attached hydrogens (tertiary/aromatic N) is 1. The number of benzene rings is 3. The first-order valence-corrected chi connectivity index (χ1v) is 10.00. The molecule has 3 aromatic carbocycles. The fraction of sp³-hybridized carbons (Fsp3) is 0.0800. The van der Waals surface area contributed by atoms with Crippen molar-refractivity contribution in [3.05, 3.63) is 107 Å². The molecule has 6 heteroatoms. The third-order valence-electron chi connectivity index (χ3n) is 4.99. The van der Waals surface area contributed by atoms with Gasteiger partial charge in [0.25, 0.3) is 0 Å². The van der Waals surface area contributed by atoms with Gasteiger partial charge in [0.2, 0.25) is 0 Å². The van der Waals surface area contributed by atoms with E-state index >= 15 is 0 Å². The quantitative estimate of drug-likeness (QED) is 0.375. The first-order chi connectivity index (χ1) is 14.9. The van der Waals surface area contributed by atoms with Crippen LogP contribution in [0.3, 0.4) is 0 Å². The van der Waals surface area contributed by atoms with Crippen molar-refractivity contribution < 1.29 is 19.0 Å². The van der Waals surface area contributed by atoms with Crippen molar-refractivity contribution in [3.63, 3.8) is 0 Å². The molecular weight excluding hydrogens is 417 g/mol. The Morgan fingerprint density at radius 2 is 1.84 bits per heavy atom. The van der Waals surface area contributed by atoms with Gasteiger partial charge in [-0.1, -0.05) is 35.9 Å². The Bertz CT molecular complexity index is 1270. The second kappa shape index (κ2) is 8.66. The highest BCUT2D eigenvalue weighted by Gasteiger charge is 2.15. The molecule has 4 aromatic rings. The van der Waals surface area contributed by atoms with Crippen LogP contribution >= 0.6 is 11.6 Å². The lowest BCUT2D eigenvalue weighted by Gasteiger charge is -2.16. The Kier molecular flexibility index (Phi) is 5.78. The summed E-state index contributed by atoms with van der Waals surface area (Å²) >= 11 is 6.13. The van der Waals surface area contributed by atoms with E-state index in [0.717, 1.165) is 22.6 Å². The molecule has 0 unspecified atom stereocenters. The molecule has 0 saturated carbocycles. The van der Waals surface area contributed by atoms with Gasteiger partial charge >= 0.3 is 5.97 Å². The zero-order valence-corrected chi connectivity index (χ0v) is 17.4. The normalized spacial score (nSPS) is 10.8. The summed E-state index contributed by atoms with van der Waals surface area (Å²) in [6.07, 6.45) is 0. The molecule has 4 rings (SSSR count). The number of carboxylic acid groups (broad SMARTS) is 1. The molecule has 0 spiro atoms. The highest BCUT2D eigenvalue weighted by molar-refractivity contribution is 6.31. The van der Waals surface area contributed by atoms with Crippen LogP contribution in [0.4, 0.5) is 4.39 Å². The molecule has 1 N–H and O–H groups in total. The fourth-order valence-corrected chi connectivity index (χ4v) is 3.69. The summed E-state index contributed by atoms with van der Waals surface area (Å²) in [5.74, 6) is -0.740. The molecule has 0 aliphatic carbocycles.